The fourth-order valence-electron chi connectivity index (χ4n) is 0.502. The van der Waals surface area contributed by atoms with E-state index in [-0.39, 0.29) is 0 Å². The lowest BCUT2D eigenvalue weighted by atomic mass is 10.3. The first-order chi connectivity index (χ1) is 5.04. The lowest BCUT2D eigenvalue weighted by molar-refractivity contribution is 0.549. The van der Waals surface area contributed by atoms with E-state index in [1.165, 1.54) is 0 Å². The zero-order valence-corrected chi connectivity index (χ0v) is 4.79. The molecule has 4 heteroatoms. The van der Waals surface area contributed by atoms with Crippen molar-refractivity contribution in [2.75, 3.05) is 5.73 Å². The van der Waals surface area contributed by atoms with Gasteiger partial charge in [-0.25, -0.2) is 13.2 Å². The minimum atomic E-state index is -1.36. The molecule has 0 unspecified atom stereocenters. The van der Waals surface area contributed by atoms with Crippen LogP contribution in [0.2, 0.25) is 0 Å². The second kappa shape index (κ2) is 2.21. The Morgan fingerprint density at radius 2 is 1.90 bits per heavy atom. The van der Waals surface area contributed by atoms with E-state index in [1.54, 1.807) is 0 Å². The molecule has 0 heterocycles. The summed E-state index contributed by atoms with van der Waals surface area (Å²) in [7, 11) is 0. The van der Waals surface area contributed by atoms with Crippen molar-refractivity contribution in [1.29, 1.82) is 0 Å². The molecule has 0 saturated carbocycles. The van der Waals surface area contributed by atoms with Gasteiger partial charge < -0.3 is 5.73 Å². The van der Waals surface area contributed by atoms with Gasteiger partial charge in [-0.15, -0.1) is 0 Å². The molecule has 1 nitrogen and oxygen atoms in total. The number of benzene rings is 1. The highest BCUT2D eigenvalue weighted by atomic mass is 19.1. The number of anilines is 1. The average Bonchev–Trinajstić information content (AvgIpc) is 1.97. The fourth-order valence-corrected chi connectivity index (χ4v) is 0.502. The average molecular weight is 148 g/mol. The van der Waals surface area contributed by atoms with Gasteiger partial charge in [0.1, 0.15) is 11.5 Å². The quantitative estimate of drug-likeness (QED) is 0.556. The number of hydrogen-bond donors (Lipinski definition) is 1. The Morgan fingerprint density at radius 1 is 1.30 bits per heavy atom. The summed E-state index contributed by atoms with van der Waals surface area (Å²) < 4.78 is 43.8. The summed E-state index contributed by atoms with van der Waals surface area (Å²) in [5.74, 6) is -3.80. The second-order valence-corrected chi connectivity index (χ2v) is 1.69. The van der Waals surface area contributed by atoms with E-state index in [0.717, 1.165) is 0 Å². The Morgan fingerprint density at radius 3 is 2.50 bits per heavy atom. The third kappa shape index (κ3) is 1.05. The maximum atomic E-state index is 12.5. The summed E-state index contributed by atoms with van der Waals surface area (Å²) in [6.45, 7) is 0. The first-order valence-electron chi connectivity index (χ1n) is 2.93. The van der Waals surface area contributed by atoms with E-state index >= 15 is 0 Å². The molecule has 10 heavy (non-hydrogen) atoms. The van der Waals surface area contributed by atoms with Gasteiger partial charge in [0.2, 0.25) is 0 Å². The number of halogens is 3. The van der Waals surface area contributed by atoms with Gasteiger partial charge in [0.15, 0.2) is 11.6 Å². The number of rotatable bonds is 0. The molecule has 1 aromatic rings. The monoisotopic (exact) mass is 148 g/mol. The van der Waals surface area contributed by atoms with Gasteiger partial charge in [0.05, 0.1) is 1.37 Å². The summed E-state index contributed by atoms with van der Waals surface area (Å²) in [5.41, 5.74) is 3.99. The Kier molecular flexibility index (Phi) is 1.23. The SMILES string of the molecule is [2H]c1c(F)cc(F)c(N)c1F. The molecule has 0 bridgehead atoms. The van der Waals surface area contributed by atoms with Crippen LogP contribution in [0.25, 0.3) is 0 Å². The minimum Gasteiger partial charge on any atom is -0.394 e. The Bertz CT molecular complexity index is 274. The van der Waals surface area contributed by atoms with E-state index in [9.17, 15) is 13.2 Å². The summed E-state index contributed by atoms with van der Waals surface area (Å²) in [5, 5.41) is 0. The Balaban J connectivity index is 3.46. The molecule has 0 aliphatic carbocycles. The fraction of sp³-hybridized carbons (Fsp3) is 0. The van der Waals surface area contributed by atoms with Crippen LogP contribution < -0.4 is 5.73 Å². The molecule has 54 valence electrons. The Labute approximate surface area is 56.7 Å². The molecule has 1 rings (SSSR count). The zero-order valence-electron chi connectivity index (χ0n) is 5.79. The van der Waals surface area contributed by atoms with Gasteiger partial charge in [-0.2, -0.15) is 0 Å². The maximum Gasteiger partial charge on any atom is 0.152 e. The zero-order chi connectivity index (χ0) is 8.59. The van der Waals surface area contributed by atoms with Crippen molar-refractivity contribution >= 4 is 5.69 Å². The van der Waals surface area contributed by atoms with Crippen LogP contribution in [0.5, 0.6) is 0 Å². The second-order valence-electron chi connectivity index (χ2n) is 1.69. The largest absolute Gasteiger partial charge is 0.394 e. The van der Waals surface area contributed by atoms with Crippen molar-refractivity contribution in [3.05, 3.63) is 29.6 Å². The molecular weight excluding hydrogens is 143 g/mol. The van der Waals surface area contributed by atoms with Crippen LogP contribution in [0, 0.1) is 17.5 Å². The number of nitrogens with two attached hydrogens (primary N) is 1. The van der Waals surface area contributed by atoms with Gasteiger partial charge in [-0.05, 0) is 0 Å². The molecule has 2 N–H and O–H groups in total. The van der Waals surface area contributed by atoms with Crippen LogP contribution in [0.4, 0.5) is 18.9 Å². The van der Waals surface area contributed by atoms with E-state index in [4.69, 9.17) is 7.10 Å². The molecule has 0 aromatic heterocycles. The van der Waals surface area contributed by atoms with Gasteiger partial charge in [0, 0.05) is 12.1 Å². The molecule has 0 saturated heterocycles. The van der Waals surface area contributed by atoms with Crippen molar-refractivity contribution in [3.63, 3.8) is 0 Å². The van der Waals surface area contributed by atoms with Crippen LogP contribution in [0.15, 0.2) is 12.1 Å². The lowest BCUT2D eigenvalue weighted by Crippen LogP contribution is -1.95. The smallest absolute Gasteiger partial charge is 0.152 e. The van der Waals surface area contributed by atoms with Crippen molar-refractivity contribution in [2.45, 2.75) is 0 Å². The minimum absolute atomic E-state index is 0.376. The summed E-state index contributed by atoms with van der Waals surface area (Å²) >= 11 is 0. The summed E-state index contributed by atoms with van der Waals surface area (Å²) in [6, 6.07) is -0.635. The van der Waals surface area contributed by atoms with Crippen molar-refractivity contribution < 1.29 is 14.5 Å². The number of nitrogen functional groups attached to an aromatic ring is 1. The molecule has 0 atom stereocenters. The molecule has 1 aromatic carbocycles. The van der Waals surface area contributed by atoms with Gasteiger partial charge in [0.25, 0.3) is 0 Å². The topological polar surface area (TPSA) is 26.0 Å². The summed E-state index contributed by atoms with van der Waals surface area (Å²) in [6.07, 6.45) is 0. The van der Waals surface area contributed by atoms with Gasteiger partial charge in [-0.1, -0.05) is 0 Å². The highest BCUT2D eigenvalue weighted by Crippen LogP contribution is 2.15. The standard InChI is InChI=1S/C6H4F3N/c7-3-1-4(8)6(10)5(9)2-3/h1-2H,10H2/i1D. The van der Waals surface area contributed by atoms with Crippen LogP contribution >= 0.6 is 0 Å². The first-order valence-corrected chi connectivity index (χ1v) is 2.43. The predicted octanol–water partition coefficient (Wildman–Crippen LogP) is 1.69. The Hall–Kier alpha value is -1.19. The van der Waals surface area contributed by atoms with Gasteiger partial charge in [-0.3, -0.25) is 0 Å². The van der Waals surface area contributed by atoms with Crippen molar-refractivity contribution in [3.8, 4) is 0 Å². The molecule has 0 aliphatic heterocycles. The van der Waals surface area contributed by atoms with Gasteiger partial charge >= 0.3 is 0 Å². The third-order valence-electron chi connectivity index (χ3n) is 0.976. The van der Waals surface area contributed by atoms with Crippen LogP contribution in [-0.4, -0.2) is 0 Å². The van der Waals surface area contributed by atoms with Crippen LogP contribution in [-0.2, 0) is 0 Å². The highest BCUT2D eigenvalue weighted by molar-refractivity contribution is 5.40. The third-order valence-corrected chi connectivity index (χ3v) is 0.976. The van der Waals surface area contributed by atoms with E-state index < -0.39 is 29.2 Å². The number of hydrogen-bond acceptors (Lipinski definition) is 1. The van der Waals surface area contributed by atoms with Crippen molar-refractivity contribution in [1.82, 2.24) is 0 Å². The summed E-state index contributed by atoms with van der Waals surface area (Å²) in [4.78, 5) is 0. The molecule has 0 radical (unpaired) electrons. The van der Waals surface area contributed by atoms with Crippen LogP contribution in [0.3, 0.4) is 0 Å². The highest BCUT2D eigenvalue weighted by Gasteiger charge is 2.06. The first kappa shape index (κ1) is 5.58. The van der Waals surface area contributed by atoms with Crippen LogP contribution in [0.1, 0.15) is 1.37 Å². The maximum absolute atomic E-state index is 12.5. The van der Waals surface area contributed by atoms with E-state index in [1.807, 2.05) is 0 Å². The predicted molar refractivity (Wildman–Crippen MR) is 30.7 cm³/mol. The normalized spacial score (nSPS) is 11.3. The molecular formula is C6H4F3N. The van der Waals surface area contributed by atoms with E-state index in [2.05, 4.69) is 0 Å². The molecule has 0 amide bonds. The molecule has 0 spiro atoms. The lowest BCUT2D eigenvalue weighted by Gasteiger charge is -1.96. The van der Waals surface area contributed by atoms with Crippen molar-refractivity contribution in [2.24, 2.45) is 0 Å². The molecule has 0 aliphatic rings. The van der Waals surface area contributed by atoms with E-state index in [0.29, 0.717) is 6.07 Å². The molecule has 0 fully saturated rings.